The van der Waals surface area contributed by atoms with Crippen LogP contribution < -0.4 is 10.9 Å². The largest absolute Gasteiger partial charge is 0.377 e. The van der Waals surface area contributed by atoms with Crippen molar-refractivity contribution in [2.75, 3.05) is 5.32 Å². The van der Waals surface area contributed by atoms with E-state index in [0.717, 1.165) is 5.69 Å². The molecule has 0 bridgehead atoms. The number of aromatic nitrogens is 4. The van der Waals surface area contributed by atoms with E-state index < -0.39 is 0 Å². The molecule has 1 N–H and O–H groups in total. The molecule has 6 nitrogen and oxygen atoms in total. The van der Waals surface area contributed by atoms with Crippen molar-refractivity contribution in [2.45, 2.75) is 6.54 Å². The summed E-state index contributed by atoms with van der Waals surface area (Å²) in [7, 11) is 1.54. The highest BCUT2D eigenvalue weighted by Crippen LogP contribution is 2.15. The number of hydrogen-bond acceptors (Lipinski definition) is 5. The molecule has 0 saturated carbocycles. The van der Waals surface area contributed by atoms with Gasteiger partial charge < -0.3 is 5.32 Å². The summed E-state index contributed by atoms with van der Waals surface area (Å²) < 4.78 is 1.18. The van der Waals surface area contributed by atoms with Crippen molar-refractivity contribution in [3.63, 3.8) is 0 Å². The van der Waals surface area contributed by atoms with Crippen molar-refractivity contribution in [1.82, 2.24) is 19.7 Å². The standard InChI is InChI=1S/C10H10ClN5O/c1-16-10(17)9(11)8(5-15-16)13-4-7-2-3-12-6-14-7/h2-3,5-6,13H,4H2,1H3. The smallest absolute Gasteiger partial charge is 0.287 e. The maximum Gasteiger partial charge on any atom is 0.287 e. The molecule has 0 fully saturated rings. The summed E-state index contributed by atoms with van der Waals surface area (Å²) in [4.78, 5) is 19.4. The second kappa shape index (κ2) is 4.92. The van der Waals surface area contributed by atoms with Crippen LogP contribution in [0.5, 0.6) is 0 Å². The minimum Gasteiger partial charge on any atom is -0.377 e. The zero-order chi connectivity index (χ0) is 12.3. The summed E-state index contributed by atoms with van der Waals surface area (Å²) in [6.07, 6.45) is 4.61. The third kappa shape index (κ3) is 2.59. The van der Waals surface area contributed by atoms with E-state index in [0.29, 0.717) is 12.2 Å². The summed E-state index contributed by atoms with van der Waals surface area (Å²) in [6.45, 7) is 0.455. The van der Waals surface area contributed by atoms with E-state index in [4.69, 9.17) is 11.6 Å². The average molecular weight is 252 g/mol. The Bertz CT molecular complexity index is 569. The first-order chi connectivity index (χ1) is 8.18. The molecule has 0 atom stereocenters. The Labute approximate surface area is 102 Å². The van der Waals surface area contributed by atoms with Crippen molar-refractivity contribution >= 4 is 17.3 Å². The minimum absolute atomic E-state index is 0.122. The Morgan fingerprint density at radius 1 is 1.53 bits per heavy atom. The van der Waals surface area contributed by atoms with Crippen LogP contribution >= 0.6 is 11.6 Å². The monoisotopic (exact) mass is 251 g/mol. The quantitative estimate of drug-likeness (QED) is 0.875. The van der Waals surface area contributed by atoms with E-state index in [2.05, 4.69) is 20.4 Å². The molecule has 0 radical (unpaired) electrons. The zero-order valence-electron chi connectivity index (χ0n) is 9.09. The highest BCUT2D eigenvalue weighted by molar-refractivity contribution is 6.32. The zero-order valence-corrected chi connectivity index (χ0v) is 9.85. The summed E-state index contributed by atoms with van der Waals surface area (Å²) in [6, 6.07) is 1.77. The first-order valence-corrected chi connectivity index (χ1v) is 5.27. The van der Waals surface area contributed by atoms with Gasteiger partial charge in [-0.1, -0.05) is 11.6 Å². The topological polar surface area (TPSA) is 72.7 Å². The first-order valence-electron chi connectivity index (χ1n) is 4.89. The van der Waals surface area contributed by atoms with E-state index in [1.54, 1.807) is 19.3 Å². The van der Waals surface area contributed by atoms with E-state index in [1.165, 1.54) is 17.2 Å². The van der Waals surface area contributed by atoms with Crippen LogP contribution in [0.25, 0.3) is 0 Å². The number of rotatable bonds is 3. The normalized spacial score (nSPS) is 10.2. The molecule has 0 amide bonds. The van der Waals surface area contributed by atoms with Crippen LogP contribution in [0.3, 0.4) is 0 Å². The maximum absolute atomic E-state index is 11.5. The summed E-state index contributed by atoms with van der Waals surface area (Å²) >= 11 is 5.90. The molecule has 2 aromatic rings. The summed E-state index contributed by atoms with van der Waals surface area (Å²) in [5, 5.41) is 7.00. The Kier molecular flexibility index (Phi) is 3.34. The molecular formula is C10H10ClN5O. The highest BCUT2D eigenvalue weighted by atomic mass is 35.5. The van der Waals surface area contributed by atoms with Crippen molar-refractivity contribution in [3.05, 3.63) is 45.9 Å². The van der Waals surface area contributed by atoms with Gasteiger partial charge in [-0.05, 0) is 6.07 Å². The maximum atomic E-state index is 11.5. The fraction of sp³-hybridized carbons (Fsp3) is 0.200. The van der Waals surface area contributed by atoms with Crippen LogP contribution in [0.4, 0.5) is 5.69 Å². The molecule has 0 aliphatic heterocycles. The second-order valence-electron chi connectivity index (χ2n) is 3.36. The van der Waals surface area contributed by atoms with Crippen LogP contribution in [-0.4, -0.2) is 19.7 Å². The molecule has 0 saturated heterocycles. The fourth-order valence-corrected chi connectivity index (χ4v) is 1.48. The summed E-state index contributed by atoms with van der Waals surface area (Å²) in [5.41, 5.74) is 0.962. The first kappa shape index (κ1) is 11.5. The van der Waals surface area contributed by atoms with E-state index >= 15 is 0 Å². The number of anilines is 1. The number of halogens is 1. The molecule has 2 heterocycles. The molecule has 0 aliphatic carbocycles. The molecule has 2 rings (SSSR count). The molecule has 2 aromatic heterocycles. The molecule has 0 aromatic carbocycles. The third-order valence-electron chi connectivity index (χ3n) is 2.18. The van der Waals surface area contributed by atoms with Crippen LogP contribution in [0, 0.1) is 0 Å². The lowest BCUT2D eigenvalue weighted by Crippen LogP contribution is -2.21. The van der Waals surface area contributed by atoms with Crippen LogP contribution in [-0.2, 0) is 13.6 Å². The van der Waals surface area contributed by atoms with Gasteiger partial charge in [-0.25, -0.2) is 14.6 Å². The molecule has 0 unspecified atom stereocenters. The Hall–Kier alpha value is -1.95. The number of hydrogen-bond donors (Lipinski definition) is 1. The van der Waals surface area contributed by atoms with Crippen molar-refractivity contribution in [2.24, 2.45) is 7.05 Å². The van der Waals surface area contributed by atoms with Crippen LogP contribution in [0.1, 0.15) is 5.69 Å². The van der Waals surface area contributed by atoms with Gasteiger partial charge in [0.05, 0.1) is 24.1 Å². The molecular weight excluding hydrogens is 242 g/mol. The number of aryl methyl sites for hydroxylation is 1. The lowest BCUT2D eigenvalue weighted by molar-refractivity contribution is 0.708. The lowest BCUT2D eigenvalue weighted by Gasteiger charge is -2.07. The Balaban J connectivity index is 2.15. The molecule has 17 heavy (non-hydrogen) atoms. The van der Waals surface area contributed by atoms with Gasteiger partial charge in [0.15, 0.2) is 0 Å². The highest BCUT2D eigenvalue weighted by Gasteiger charge is 2.06. The predicted octanol–water partition coefficient (Wildman–Crippen LogP) is 0.836. The van der Waals surface area contributed by atoms with E-state index in [-0.39, 0.29) is 10.6 Å². The van der Waals surface area contributed by atoms with Gasteiger partial charge in [0, 0.05) is 13.2 Å². The van der Waals surface area contributed by atoms with E-state index in [9.17, 15) is 4.79 Å². The van der Waals surface area contributed by atoms with Crippen molar-refractivity contribution < 1.29 is 0 Å². The van der Waals surface area contributed by atoms with Crippen LogP contribution in [0.2, 0.25) is 5.02 Å². The van der Waals surface area contributed by atoms with Gasteiger partial charge in [0.25, 0.3) is 5.56 Å². The third-order valence-corrected chi connectivity index (χ3v) is 2.55. The van der Waals surface area contributed by atoms with Crippen molar-refractivity contribution in [3.8, 4) is 0 Å². The van der Waals surface area contributed by atoms with Gasteiger partial charge in [-0.15, -0.1) is 0 Å². The van der Waals surface area contributed by atoms with Crippen LogP contribution in [0.15, 0.2) is 29.6 Å². The fourth-order valence-electron chi connectivity index (χ4n) is 1.24. The van der Waals surface area contributed by atoms with Gasteiger partial charge in [0.2, 0.25) is 0 Å². The SMILES string of the molecule is Cn1ncc(NCc2ccncn2)c(Cl)c1=O. The minimum atomic E-state index is -0.334. The predicted molar refractivity (Wildman–Crippen MR) is 63.8 cm³/mol. The second-order valence-corrected chi connectivity index (χ2v) is 3.73. The summed E-state index contributed by atoms with van der Waals surface area (Å²) in [5.74, 6) is 0. The molecule has 0 aliphatic rings. The molecule has 88 valence electrons. The van der Waals surface area contributed by atoms with Gasteiger partial charge in [-0.3, -0.25) is 4.79 Å². The lowest BCUT2D eigenvalue weighted by atomic mass is 10.4. The number of nitrogens with zero attached hydrogens (tertiary/aromatic N) is 4. The Morgan fingerprint density at radius 2 is 2.35 bits per heavy atom. The number of nitrogens with one attached hydrogen (secondary N) is 1. The average Bonchev–Trinajstić information content (AvgIpc) is 2.36. The van der Waals surface area contributed by atoms with Gasteiger partial charge >= 0.3 is 0 Å². The molecule has 0 spiro atoms. The van der Waals surface area contributed by atoms with Gasteiger partial charge in [0.1, 0.15) is 11.3 Å². The van der Waals surface area contributed by atoms with Gasteiger partial charge in [-0.2, -0.15) is 5.10 Å². The Morgan fingerprint density at radius 3 is 3.06 bits per heavy atom. The van der Waals surface area contributed by atoms with Crippen molar-refractivity contribution in [1.29, 1.82) is 0 Å². The van der Waals surface area contributed by atoms with E-state index in [1.807, 2.05) is 0 Å². The molecule has 7 heteroatoms.